The van der Waals surface area contributed by atoms with E-state index in [1.807, 2.05) is 0 Å². The average Bonchev–Trinajstić information content (AvgIpc) is 2.27. The molecule has 1 aromatic rings. The Bertz CT molecular complexity index is 428. The zero-order chi connectivity index (χ0) is 12.7. The van der Waals surface area contributed by atoms with Gasteiger partial charge >= 0.3 is 6.18 Å². The molecule has 5 heteroatoms. The standard InChI is InChI=1S/C12H13F3O2/c1-17-10-6-2-5-9-8(10)4-3-7-11(9,16)12(13,14)15/h2,5-6,16H,3-4,7H2,1H3. The maximum atomic E-state index is 12.9. The van der Waals surface area contributed by atoms with Gasteiger partial charge in [0.2, 0.25) is 0 Å². The number of alkyl halides is 3. The molecule has 0 amide bonds. The van der Waals surface area contributed by atoms with Crippen LogP contribution in [0, 0.1) is 0 Å². The third-order valence-electron chi connectivity index (χ3n) is 3.23. The van der Waals surface area contributed by atoms with Gasteiger partial charge in [0.1, 0.15) is 5.75 Å². The molecule has 2 nitrogen and oxygen atoms in total. The zero-order valence-electron chi connectivity index (χ0n) is 9.34. The summed E-state index contributed by atoms with van der Waals surface area (Å²) in [6.07, 6.45) is -4.16. The summed E-state index contributed by atoms with van der Waals surface area (Å²) < 4.78 is 43.9. The van der Waals surface area contributed by atoms with Gasteiger partial charge in [-0.1, -0.05) is 12.1 Å². The van der Waals surface area contributed by atoms with Gasteiger partial charge in [-0.15, -0.1) is 0 Å². The molecule has 1 aromatic carbocycles. The minimum Gasteiger partial charge on any atom is -0.496 e. The summed E-state index contributed by atoms with van der Waals surface area (Å²) in [5.74, 6) is 0.407. The fourth-order valence-electron chi connectivity index (χ4n) is 2.35. The van der Waals surface area contributed by atoms with Crippen LogP contribution in [0.3, 0.4) is 0 Å². The van der Waals surface area contributed by atoms with E-state index in [4.69, 9.17) is 4.74 Å². The summed E-state index contributed by atoms with van der Waals surface area (Å²) in [4.78, 5) is 0. The highest BCUT2D eigenvalue weighted by atomic mass is 19.4. The highest BCUT2D eigenvalue weighted by Gasteiger charge is 2.56. The van der Waals surface area contributed by atoms with E-state index in [1.54, 1.807) is 6.07 Å². The molecule has 0 heterocycles. The number of ether oxygens (including phenoxy) is 1. The van der Waals surface area contributed by atoms with Crippen LogP contribution in [-0.4, -0.2) is 18.4 Å². The Morgan fingerprint density at radius 3 is 2.65 bits per heavy atom. The van der Waals surface area contributed by atoms with Crippen molar-refractivity contribution >= 4 is 0 Å². The molecular weight excluding hydrogens is 233 g/mol. The van der Waals surface area contributed by atoms with Gasteiger partial charge < -0.3 is 9.84 Å². The molecule has 0 bridgehead atoms. The molecule has 1 N–H and O–H groups in total. The zero-order valence-corrected chi connectivity index (χ0v) is 9.34. The van der Waals surface area contributed by atoms with Crippen LogP contribution in [0.4, 0.5) is 13.2 Å². The third-order valence-corrected chi connectivity index (χ3v) is 3.23. The number of methoxy groups -OCH3 is 1. The van der Waals surface area contributed by atoms with Gasteiger partial charge in [-0.3, -0.25) is 0 Å². The monoisotopic (exact) mass is 246 g/mol. The molecule has 0 saturated heterocycles. The van der Waals surface area contributed by atoms with Crippen molar-refractivity contribution in [3.8, 4) is 5.75 Å². The number of rotatable bonds is 1. The quantitative estimate of drug-likeness (QED) is 0.825. The van der Waals surface area contributed by atoms with Crippen molar-refractivity contribution in [2.45, 2.75) is 31.0 Å². The summed E-state index contributed by atoms with van der Waals surface area (Å²) in [5, 5.41) is 9.90. The van der Waals surface area contributed by atoms with Gasteiger partial charge in [0.05, 0.1) is 7.11 Å². The molecule has 0 radical (unpaired) electrons. The first-order valence-corrected chi connectivity index (χ1v) is 5.35. The molecule has 0 spiro atoms. The maximum Gasteiger partial charge on any atom is 0.421 e. The number of hydrogen-bond donors (Lipinski definition) is 1. The number of hydrogen-bond acceptors (Lipinski definition) is 2. The minimum atomic E-state index is -4.66. The topological polar surface area (TPSA) is 29.5 Å². The van der Waals surface area contributed by atoms with Crippen LogP contribution >= 0.6 is 0 Å². The van der Waals surface area contributed by atoms with Crippen molar-refractivity contribution in [2.75, 3.05) is 7.11 Å². The molecule has 0 aromatic heterocycles. The van der Waals surface area contributed by atoms with E-state index in [-0.39, 0.29) is 12.0 Å². The first-order valence-electron chi connectivity index (χ1n) is 5.35. The molecule has 1 aliphatic carbocycles. The number of halogens is 3. The van der Waals surface area contributed by atoms with Gasteiger partial charge in [-0.25, -0.2) is 0 Å². The molecule has 1 atom stereocenters. The Hall–Kier alpha value is -1.23. The number of benzene rings is 1. The minimum absolute atomic E-state index is 0.0735. The predicted octanol–water partition coefficient (Wildman–Crippen LogP) is 2.78. The Morgan fingerprint density at radius 2 is 2.06 bits per heavy atom. The SMILES string of the molecule is COc1cccc2c1CCCC2(O)C(F)(F)F. The van der Waals surface area contributed by atoms with E-state index in [0.717, 1.165) is 0 Å². The van der Waals surface area contributed by atoms with Crippen LogP contribution in [0.1, 0.15) is 24.0 Å². The van der Waals surface area contributed by atoms with Gasteiger partial charge in [-0.2, -0.15) is 13.2 Å². The van der Waals surface area contributed by atoms with Crippen molar-refractivity contribution in [3.05, 3.63) is 29.3 Å². The molecule has 0 fully saturated rings. The second kappa shape index (κ2) is 3.91. The highest BCUT2D eigenvalue weighted by Crippen LogP contribution is 2.48. The Kier molecular flexibility index (Phi) is 2.81. The van der Waals surface area contributed by atoms with Gasteiger partial charge in [0, 0.05) is 5.56 Å². The molecule has 2 rings (SSSR count). The second-order valence-electron chi connectivity index (χ2n) is 4.20. The summed E-state index contributed by atoms with van der Waals surface area (Å²) >= 11 is 0. The summed E-state index contributed by atoms with van der Waals surface area (Å²) in [6.45, 7) is 0. The van der Waals surface area contributed by atoms with Crippen LogP contribution < -0.4 is 4.74 Å². The smallest absolute Gasteiger partial charge is 0.421 e. The number of fused-ring (bicyclic) bond motifs is 1. The summed E-state index contributed by atoms with van der Waals surface area (Å²) in [5.41, 5.74) is -2.36. The second-order valence-corrected chi connectivity index (χ2v) is 4.20. The van der Waals surface area contributed by atoms with Crippen molar-refractivity contribution in [2.24, 2.45) is 0 Å². The van der Waals surface area contributed by atoms with E-state index in [9.17, 15) is 18.3 Å². The van der Waals surface area contributed by atoms with Gasteiger partial charge in [0.25, 0.3) is 0 Å². The van der Waals surface area contributed by atoms with E-state index in [2.05, 4.69) is 0 Å². The van der Waals surface area contributed by atoms with Gasteiger partial charge in [0.15, 0.2) is 5.60 Å². The fraction of sp³-hybridized carbons (Fsp3) is 0.500. The third kappa shape index (κ3) is 1.78. The molecule has 17 heavy (non-hydrogen) atoms. The summed E-state index contributed by atoms with van der Waals surface area (Å²) in [7, 11) is 1.41. The van der Waals surface area contributed by atoms with Crippen molar-refractivity contribution < 1.29 is 23.0 Å². The highest BCUT2D eigenvalue weighted by molar-refractivity contribution is 5.45. The molecular formula is C12H13F3O2. The van der Waals surface area contributed by atoms with E-state index in [0.29, 0.717) is 24.2 Å². The Labute approximate surface area is 97.0 Å². The molecule has 1 unspecified atom stereocenters. The average molecular weight is 246 g/mol. The van der Waals surface area contributed by atoms with Crippen molar-refractivity contribution in [1.82, 2.24) is 0 Å². The van der Waals surface area contributed by atoms with Crippen molar-refractivity contribution in [3.63, 3.8) is 0 Å². The molecule has 0 saturated carbocycles. The largest absolute Gasteiger partial charge is 0.496 e. The number of aliphatic hydroxyl groups is 1. The lowest BCUT2D eigenvalue weighted by molar-refractivity contribution is -0.271. The molecule has 0 aliphatic heterocycles. The lowest BCUT2D eigenvalue weighted by Crippen LogP contribution is -2.44. The molecule has 94 valence electrons. The Morgan fingerprint density at radius 1 is 1.35 bits per heavy atom. The van der Waals surface area contributed by atoms with Crippen LogP contribution in [0.5, 0.6) is 5.75 Å². The lowest BCUT2D eigenvalue weighted by atomic mass is 9.78. The normalized spacial score (nSPS) is 24.3. The van der Waals surface area contributed by atoms with Crippen molar-refractivity contribution in [1.29, 1.82) is 0 Å². The lowest BCUT2D eigenvalue weighted by Gasteiger charge is -2.36. The van der Waals surface area contributed by atoms with Gasteiger partial charge in [-0.05, 0) is 30.9 Å². The Balaban J connectivity index is 2.60. The van der Waals surface area contributed by atoms with Crippen LogP contribution in [0.15, 0.2) is 18.2 Å². The van der Waals surface area contributed by atoms with E-state index >= 15 is 0 Å². The van der Waals surface area contributed by atoms with E-state index in [1.165, 1.54) is 19.2 Å². The van der Waals surface area contributed by atoms with Crippen LogP contribution in [0.2, 0.25) is 0 Å². The fourth-order valence-corrected chi connectivity index (χ4v) is 2.35. The first-order chi connectivity index (χ1) is 7.90. The molecule has 1 aliphatic rings. The van der Waals surface area contributed by atoms with Crippen LogP contribution in [-0.2, 0) is 12.0 Å². The van der Waals surface area contributed by atoms with Crippen LogP contribution in [0.25, 0.3) is 0 Å². The first kappa shape index (κ1) is 12.2. The van der Waals surface area contributed by atoms with E-state index < -0.39 is 11.8 Å². The maximum absolute atomic E-state index is 12.9. The summed E-state index contributed by atoms with van der Waals surface area (Å²) in [6, 6.07) is 4.41. The predicted molar refractivity (Wildman–Crippen MR) is 55.9 cm³/mol.